The Kier molecular flexibility index (Phi) is 6.23. The van der Waals surface area contributed by atoms with Gasteiger partial charge in [0.15, 0.2) is 0 Å². The molecular weight excluding hydrogens is 286 g/mol. The quantitative estimate of drug-likeness (QED) is 0.759. The van der Waals surface area contributed by atoms with Crippen LogP contribution in [0, 0.1) is 0 Å². The maximum Gasteiger partial charge on any atom is 0.328 e. The van der Waals surface area contributed by atoms with Crippen molar-refractivity contribution in [2.45, 2.75) is 51.5 Å². The molecule has 1 aromatic rings. The van der Waals surface area contributed by atoms with Crippen molar-refractivity contribution in [1.82, 2.24) is 4.90 Å². The predicted molar refractivity (Wildman–Crippen MR) is 83.2 cm³/mol. The summed E-state index contributed by atoms with van der Waals surface area (Å²) in [6.45, 7) is 2.85. The van der Waals surface area contributed by atoms with Gasteiger partial charge in [0.25, 0.3) is 0 Å². The minimum atomic E-state index is -0.368. The van der Waals surface area contributed by atoms with Crippen LogP contribution in [0.3, 0.4) is 0 Å². The standard InChI is InChI=1S/C16H23NO3S/c1-2-20-16(19)14-9-3-4-11-17(14)15(18)10-5-7-13-8-6-12-21-13/h6,8,12,14H,2-5,7,9-11H2,1H3. The first-order chi connectivity index (χ1) is 10.2. The molecule has 0 aliphatic carbocycles. The number of piperidine rings is 1. The number of amides is 1. The van der Waals surface area contributed by atoms with Crippen LogP contribution in [0.15, 0.2) is 17.5 Å². The van der Waals surface area contributed by atoms with Crippen molar-refractivity contribution in [3.05, 3.63) is 22.4 Å². The zero-order chi connectivity index (χ0) is 15.1. The molecule has 1 fully saturated rings. The van der Waals surface area contributed by atoms with Gasteiger partial charge in [0.1, 0.15) is 6.04 Å². The fourth-order valence-corrected chi connectivity index (χ4v) is 3.48. The second-order valence-electron chi connectivity index (χ2n) is 5.28. The SMILES string of the molecule is CCOC(=O)C1CCCCN1C(=O)CCCc1cccs1. The molecule has 0 bridgehead atoms. The Morgan fingerprint density at radius 1 is 1.43 bits per heavy atom. The van der Waals surface area contributed by atoms with Crippen LogP contribution in [0.25, 0.3) is 0 Å². The Hall–Kier alpha value is -1.36. The molecule has 4 nitrogen and oxygen atoms in total. The molecule has 1 aliphatic heterocycles. The van der Waals surface area contributed by atoms with E-state index in [0.717, 1.165) is 32.1 Å². The molecule has 1 saturated heterocycles. The molecule has 1 unspecified atom stereocenters. The number of ether oxygens (including phenoxy) is 1. The monoisotopic (exact) mass is 309 g/mol. The highest BCUT2D eigenvalue weighted by Gasteiger charge is 2.32. The Morgan fingerprint density at radius 2 is 2.29 bits per heavy atom. The average Bonchev–Trinajstić information content (AvgIpc) is 3.00. The van der Waals surface area contributed by atoms with E-state index in [9.17, 15) is 9.59 Å². The number of thiophene rings is 1. The van der Waals surface area contributed by atoms with Crippen molar-refractivity contribution in [3.63, 3.8) is 0 Å². The molecule has 2 heterocycles. The van der Waals surface area contributed by atoms with Gasteiger partial charge in [-0.1, -0.05) is 6.07 Å². The number of hydrogen-bond donors (Lipinski definition) is 0. The lowest BCUT2D eigenvalue weighted by Gasteiger charge is -2.34. The molecule has 0 radical (unpaired) electrons. The molecule has 1 amide bonds. The van der Waals surface area contributed by atoms with Crippen LogP contribution in [0.1, 0.15) is 43.9 Å². The van der Waals surface area contributed by atoms with Crippen molar-refractivity contribution < 1.29 is 14.3 Å². The van der Waals surface area contributed by atoms with Gasteiger partial charge in [-0.05, 0) is 50.5 Å². The van der Waals surface area contributed by atoms with E-state index in [2.05, 4.69) is 11.4 Å². The van der Waals surface area contributed by atoms with E-state index in [1.54, 1.807) is 23.2 Å². The van der Waals surface area contributed by atoms with Crippen LogP contribution in [-0.2, 0) is 20.7 Å². The summed E-state index contributed by atoms with van der Waals surface area (Å²) < 4.78 is 5.09. The zero-order valence-corrected chi connectivity index (χ0v) is 13.4. The molecular formula is C16H23NO3S. The van der Waals surface area contributed by atoms with Crippen LogP contribution in [-0.4, -0.2) is 36.0 Å². The smallest absolute Gasteiger partial charge is 0.328 e. The minimum Gasteiger partial charge on any atom is -0.464 e. The summed E-state index contributed by atoms with van der Waals surface area (Å²) in [7, 11) is 0. The summed E-state index contributed by atoms with van der Waals surface area (Å²) >= 11 is 1.72. The lowest BCUT2D eigenvalue weighted by atomic mass is 10.0. The molecule has 2 rings (SSSR count). The second-order valence-corrected chi connectivity index (χ2v) is 6.32. The van der Waals surface area contributed by atoms with Crippen LogP contribution in [0.2, 0.25) is 0 Å². The van der Waals surface area contributed by atoms with Gasteiger partial charge in [0.05, 0.1) is 6.61 Å². The van der Waals surface area contributed by atoms with E-state index in [0.29, 0.717) is 19.6 Å². The summed E-state index contributed by atoms with van der Waals surface area (Å²) in [5.74, 6) is -0.159. The zero-order valence-electron chi connectivity index (χ0n) is 12.5. The van der Waals surface area contributed by atoms with E-state index in [4.69, 9.17) is 4.74 Å². The summed E-state index contributed by atoms with van der Waals surface area (Å²) in [6, 6.07) is 3.76. The number of nitrogens with zero attached hydrogens (tertiary/aromatic N) is 1. The first kappa shape index (κ1) is 16.0. The third kappa shape index (κ3) is 4.56. The van der Waals surface area contributed by atoms with Gasteiger partial charge >= 0.3 is 5.97 Å². The Labute approximate surface area is 130 Å². The largest absolute Gasteiger partial charge is 0.464 e. The van der Waals surface area contributed by atoms with Crippen LogP contribution < -0.4 is 0 Å². The van der Waals surface area contributed by atoms with Gasteiger partial charge in [0.2, 0.25) is 5.91 Å². The number of rotatable bonds is 6. The summed E-state index contributed by atoms with van der Waals surface area (Å²) in [6.07, 6.45) is 4.98. The molecule has 5 heteroatoms. The summed E-state index contributed by atoms with van der Waals surface area (Å²) in [5.41, 5.74) is 0. The topological polar surface area (TPSA) is 46.6 Å². The molecule has 0 N–H and O–H groups in total. The molecule has 0 spiro atoms. The van der Waals surface area contributed by atoms with E-state index < -0.39 is 0 Å². The van der Waals surface area contributed by atoms with Crippen molar-refractivity contribution in [1.29, 1.82) is 0 Å². The highest BCUT2D eigenvalue weighted by Crippen LogP contribution is 2.20. The van der Waals surface area contributed by atoms with E-state index in [1.165, 1.54) is 4.88 Å². The molecule has 0 saturated carbocycles. The highest BCUT2D eigenvalue weighted by molar-refractivity contribution is 7.09. The maximum atomic E-state index is 12.4. The number of likely N-dealkylation sites (tertiary alicyclic amines) is 1. The van der Waals surface area contributed by atoms with Gasteiger partial charge in [-0.3, -0.25) is 4.79 Å². The lowest BCUT2D eigenvalue weighted by molar-refractivity contribution is -0.156. The van der Waals surface area contributed by atoms with Crippen LogP contribution in [0.4, 0.5) is 0 Å². The Balaban J connectivity index is 1.84. The van der Waals surface area contributed by atoms with E-state index in [1.807, 2.05) is 6.07 Å². The number of carbonyl (C=O) groups is 2. The number of hydrogen-bond acceptors (Lipinski definition) is 4. The summed E-state index contributed by atoms with van der Waals surface area (Å²) in [5, 5.41) is 2.05. The summed E-state index contributed by atoms with van der Waals surface area (Å²) in [4.78, 5) is 27.4. The third-order valence-electron chi connectivity index (χ3n) is 3.78. The average molecular weight is 309 g/mol. The van der Waals surface area contributed by atoms with Crippen molar-refractivity contribution in [3.8, 4) is 0 Å². The molecule has 0 aromatic carbocycles. The molecule has 1 atom stereocenters. The fourth-order valence-electron chi connectivity index (χ4n) is 2.73. The Bertz CT molecular complexity index is 458. The van der Waals surface area contributed by atoms with Crippen molar-refractivity contribution in [2.75, 3.05) is 13.2 Å². The number of aryl methyl sites for hydroxylation is 1. The second kappa shape index (κ2) is 8.17. The van der Waals surface area contributed by atoms with E-state index >= 15 is 0 Å². The molecule has 1 aliphatic rings. The van der Waals surface area contributed by atoms with Gasteiger partial charge in [-0.25, -0.2) is 4.79 Å². The van der Waals surface area contributed by atoms with Crippen LogP contribution >= 0.6 is 11.3 Å². The van der Waals surface area contributed by atoms with Gasteiger partial charge in [-0.15, -0.1) is 11.3 Å². The predicted octanol–water partition coefficient (Wildman–Crippen LogP) is 3.02. The third-order valence-corrected chi connectivity index (χ3v) is 4.71. The van der Waals surface area contributed by atoms with Crippen LogP contribution in [0.5, 0.6) is 0 Å². The first-order valence-electron chi connectivity index (χ1n) is 7.71. The van der Waals surface area contributed by atoms with E-state index in [-0.39, 0.29) is 17.9 Å². The number of carbonyl (C=O) groups excluding carboxylic acids is 2. The number of esters is 1. The molecule has 21 heavy (non-hydrogen) atoms. The van der Waals surface area contributed by atoms with Gasteiger partial charge < -0.3 is 9.64 Å². The fraction of sp³-hybridized carbons (Fsp3) is 0.625. The van der Waals surface area contributed by atoms with Crippen molar-refractivity contribution >= 4 is 23.2 Å². The Morgan fingerprint density at radius 3 is 3.00 bits per heavy atom. The molecule has 1 aromatic heterocycles. The lowest BCUT2D eigenvalue weighted by Crippen LogP contribution is -2.48. The van der Waals surface area contributed by atoms with Gasteiger partial charge in [0, 0.05) is 17.8 Å². The normalized spacial score (nSPS) is 18.5. The minimum absolute atomic E-state index is 0.0873. The molecule has 116 valence electrons. The van der Waals surface area contributed by atoms with Gasteiger partial charge in [-0.2, -0.15) is 0 Å². The maximum absolute atomic E-state index is 12.4. The van der Waals surface area contributed by atoms with Crippen molar-refractivity contribution in [2.24, 2.45) is 0 Å². The first-order valence-corrected chi connectivity index (χ1v) is 8.59. The highest BCUT2D eigenvalue weighted by atomic mass is 32.1.